The van der Waals surface area contributed by atoms with Gasteiger partial charge in [-0.1, -0.05) is 12.1 Å². The SMILES string of the molecule is Cc1cc(C(O)C2CCCC(F)(F)C2)ccc1F. The van der Waals surface area contributed by atoms with Crippen LogP contribution in [0.1, 0.15) is 42.9 Å². The normalized spacial score (nSPS) is 24.8. The highest BCUT2D eigenvalue weighted by atomic mass is 19.3. The summed E-state index contributed by atoms with van der Waals surface area (Å²) in [7, 11) is 0. The van der Waals surface area contributed by atoms with E-state index in [4.69, 9.17) is 0 Å². The summed E-state index contributed by atoms with van der Waals surface area (Å²) in [6, 6.07) is 4.28. The topological polar surface area (TPSA) is 20.2 Å². The summed E-state index contributed by atoms with van der Waals surface area (Å²) in [6.45, 7) is 1.60. The minimum Gasteiger partial charge on any atom is -0.388 e. The lowest BCUT2D eigenvalue weighted by atomic mass is 9.80. The first kappa shape index (κ1) is 13.4. The van der Waals surface area contributed by atoms with Crippen LogP contribution in [0.25, 0.3) is 0 Å². The number of hydrogen-bond donors (Lipinski definition) is 1. The van der Waals surface area contributed by atoms with Gasteiger partial charge in [-0.15, -0.1) is 0 Å². The molecule has 1 aliphatic carbocycles. The molecule has 2 rings (SSSR count). The van der Waals surface area contributed by atoms with E-state index < -0.39 is 17.9 Å². The Bertz CT molecular complexity index is 431. The van der Waals surface area contributed by atoms with E-state index in [2.05, 4.69) is 0 Å². The van der Waals surface area contributed by atoms with E-state index in [0.717, 1.165) is 0 Å². The van der Waals surface area contributed by atoms with Gasteiger partial charge in [-0.3, -0.25) is 0 Å². The van der Waals surface area contributed by atoms with Crippen LogP contribution in [0.4, 0.5) is 13.2 Å². The smallest absolute Gasteiger partial charge is 0.248 e. The van der Waals surface area contributed by atoms with Gasteiger partial charge < -0.3 is 5.11 Å². The molecule has 18 heavy (non-hydrogen) atoms. The number of rotatable bonds is 2. The maximum absolute atomic E-state index is 13.3. The predicted octanol–water partition coefficient (Wildman–Crippen LogP) is 3.99. The lowest BCUT2D eigenvalue weighted by Crippen LogP contribution is -2.29. The number of aryl methyl sites for hydroxylation is 1. The molecule has 2 atom stereocenters. The first-order chi connectivity index (χ1) is 8.39. The van der Waals surface area contributed by atoms with Gasteiger partial charge in [0.05, 0.1) is 6.10 Å². The third kappa shape index (κ3) is 2.86. The summed E-state index contributed by atoms with van der Waals surface area (Å²) in [4.78, 5) is 0. The summed E-state index contributed by atoms with van der Waals surface area (Å²) >= 11 is 0. The number of halogens is 3. The summed E-state index contributed by atoms with van der Waals surface area (Å²) in [5, 5.41) is 10.1. The van der Waals surface area contributed by atoms with E-state index in [-0.39, 0.29) is 18.7 Å². The van der Waals surface area contributed by atoms with Crippen LogP contribution in [0.3, 0.4) is 0 Å². The molecule has 2 unspecified atom stereocenters. The van der Waals surface area contributed by atoms with Crippen molar-refractivity contribution in [1.82, 2.24) is 0 Å². The quantitative estimate of drug-likeness (QED) is 0.850. The molecular formula is C14H17F3O. The van der Waals surface area contributed by atoms with Crippen LogP contribution in [-0.2, 0) is 0 Å². The number of aliphatic hydroxyl groups excluding tert-OH is 1. The van der Waals surface area contributed by atoms with E-state index in [9.17, 15) is 18.3 Å². The van der Waals surface area contributed by atoms with Crippen LogP contribution < -0.4 is 0 Å². The lowest BCUT2D eigenvalue weighted by Gasteiger charge is -2.32. The molecule has 1 fully saturated rings. The largest absolute Gasteiger partial charge is 0.388 e. The van der Waals surface area contributed by atoms with Crippen LogP contribution in [0.5, 0.6) is 0 Å². The third-order valence-corrected chi connectivity index (χ3v) is 3.65. The Morgan fingerprint density at radius 2 is 2.11 bits per heavy atom. The van der Waals surface area contributed by atoms with Gasteiger partial charge in [-0.25, -0.2) is 13.2 Å². The van der Waals surface area contributed by atoms with Crippen LogP contribution in [0, 0.1) is 18.7 Å². The monoisotopic (exact) mass is 258 g/mol. The standard InChI is InChI=1S/C14H17F3O/c1-9-7-10(4-5-12(9)15)13(18)11-3-2-6-14(16,17)8-11/h4-5,7,11,13,18H,2-3,6,8H2,1H3. The van der Waals surface area contributed by atoms with Gasteiger partial charge in [0.15, 0.2) is 0 Å². The van der Waals surface area contributed by atoms with Crippen molar-refractivity contribution in [2.24, 2.45) is 5.92 Å². The van der Waals surface area contributed by atoms with E-state index in [0.29, 0.717) is 24.0 Å². The fourth-order valence-corrected chi connectivity index (χ4v) is 2.60. The Balaban J connectivity index is 2.15. The van der Waals surface area contributed by atoms with Crippen molar-refractivity contribution in [2.45, 2.75) is 44.6 Å². The highest BCUT2D eigenvalue weighted by Gasteiger charge is 2.39. The van der Waals surface area contributed by atoms with E-state index in [1.807, 2.05) is 0 Å². The number of hydrogen-bond acceptors (Lipinski definition) is 1. The third-order valence-electron chi connectivity index (χ3n) is 3.65. The molecule has 1 saturated carbocycles. The molecule has 100 valence electrons. The zero-order chi connectivity index (χ0) is 13.3. The summed E-state index contributed by atoms with van der Waals surface area (Å²) in [5.41, 5.74) is 0.950. The van der Waals surface area contributed by atoms with E-state index in [1.54, 1.807) is 6.92 Å². The molecule has 0 radical (unpaired) electrons. The summed E-state index contributed by atoms with van der Waals surface area (Å²) in [5.74, 6) is -3.47. The minimum atomic E-state index is -2.68. The fraction of sp³-hybridized carbons (Fsp3) is 0.571. The highest BCUT2D eigenvalue weighted by Crippen LogP contribution is 2.42. The summed E-state index contributed by atoms with van der Waals surface area (Å²) in [6.07, 6.45) is -0.304. The lowest BCUT2D eigenvalue weighted by molar-refractivity contribution is -0.0761. The van der Waals surface area contributed by atoms with Crippen LogP contribution in [0.2, 0.25) is 0 Å². The Labute approximate surface area is 105 Å². The Kier molecular flexibility index (Phi) is 3.66. The van der Waals surface area contributed by atoms with Gasteiger partial charge in [-0.2, -0.15) is 0 Å². The second-order valence-electron chi connectivity index (χ2n) is 5.17. The zero-order valence-corrected chi connectivity index (χ0v) is 10.3. The number of benzene rings is 1. The number of aliphatic hydroxyl groups is 1. The first-order valence-corrected chi connectivity index (χ1v) is 6.21. The van der Waals surface area contributed by atoms with Crippen molar-refractivity contribution >= 4 is 0 Å². The van der Waals surface area contributed by atoms with Crippen LogP contribution in [0.15, 0.2) is 18.2 Å². The molecule has 0 aromatic heterocycles. The second kappa shape index (κ2) is 4.92. The van der Waals surface area contributed by atoms with Crippen molar-refractivity contribution in [3.8, 4) is 0 Å². The molecule has 1 N–H and O–H groups in total. The van der Waals surface area contributed by atoms with E-state index >= 15 is 0 Å². The van der Waals surface area contributed by atoms with Crippen LogP contribution in [-0.4, -0.2) is 11.0 Å². The fourth-order valence-electron chi connectivity index (χ4n) is 2.60. The van der Waals surface area contributed by atoms with Crippen molar-refractivity contribution in [1.29, 1.82) is 0 Å². The van der Waals surface area contributed by atoms with Crippen LogP contribution >= 0.6 is 0 Å². The van der Waals surface area contributed by atoms with Gasteiger partial charge in [0.2, 0.25) is 5.92 Å². The maximum Gasteiger partial charge on any atom is 0.248 e. The van der Waals surface area contributed by atoms with Crippen molar-refractivity contribution < 1.29 is 18.3 Å². The maximum atomic E-state index is 13.3. The second-order valence-corrected chi connectivity index (χ2v) is 5.17. The molecule has 0 amide bonds. The molecule has 4 heteroatoms. The average molecular weight is 258 g/mol. The highest BCUT2D eigenvalue weighted by molar-refractivity contribution is 5.26. The Morgan fingerprint density at radius 1 is 1.39 bits per heavy atom. The average Bonchev–Trinajstić information content (AvgIpc) is 2.30. The zero-order valence-electron chi connectivity index (χ0n) is 10.3. The number of alkyl halides is 2. The van der Waals surface area contributed by atoms with Gasteiger partial charge in [-0.05, 0) is 42.9 Å². The van der Waals surface area contributed by atoms with Gasteiger partial charge in [0, 0.05) is 12.8 Å². The van der Waals surface area contributed by atoms with Gasteiger partial charge in [0.25, 0.3) is 0 Å². The molecule has 0 heterocycles. The van der Waals surface area contributed by atoms with E-state index in [1.165, 1.54) is 18.2 Å². The molecule has 1 aliphatic rings. The molecule has 0 aliphatic heterocycles. The van der Waals surface area contributed by atoms with Gasteiger partial charge >= 0.3 is 0 Å². The Morgan fingerprint density at radius 3 is 2.72 bits per heavy atom. The molecule has 0 bridgehead atoms. The minimum absolute atomic E-state index is 0.0985. The first-order valence-electron chi connectivity index (χ1n) is 6.21. The molecule has 0 spiro atoms. The van der Waals surface area contributed by atoms with Crippen molar-refractivity contribution in [3.63, 3.8) is 0 Å². The molecule has 1 nitrogen and oxygen atoms in total. The predicted molar refractivity (Wildman–Crippen MR) is 63.0 cm³/mol. The molecule has 0 saturated heterocycles. The molecular weight excluding hydrogens is 241 g/mol. The van der Waals surface area contributed by atoms with Crippen molar-refractivity contribution in [2.75, 3.05) is 0 Å². The van der Waals surface area contributed by atoms with Gasteiger partial charge in [0.1, 0.15) is 5.82 Å². The summed E-state index contributed by atoms with van der Waals surface area (Å²) < 4.78 is 39.7. The van der Waals surface area contributed by atoms with Crippen molar-refractivity contribution in [3.05, 3.63) is 35.1 Å². The molecule has 1 aromatic rings. The Hall–Kier alpha value is -1.03. The molecule has 1 aromatic carbocycles.